The molecule has 24 heavy (non-hydrogen) atoms. The minimum Gasteiger partial charge on any atom is -0.367 e. The second kappa shape index (κ2) is 6.96. The number of carbonyl (C=O) groups excluding carboxylic acids is 1. The molecule has 2 aromatic rings. The van der Waals surface area contributed by atoms with Crippen LogP contribution in [-0.2, 0) is 11.3 Å². The normalized spacial score (nSPS) is 17.9. The van der Waals surface area contributed by atoms with Gasteiger partial charge in [-0.3, -0.25) is 14.3 Å². The highest BCUT2D eigenvalue weighted by Crippen LogP contribution is 2.19. The summed E-state index contributed by atoms with van der Waals surface area (Å²) in [6.45, 7) is 5.82. The number of hydrogen-bond acceptors (Lipinski definition) is 5. The van der Waals surface area contributed by atoms with Crippen LogP contribution in [0.4, 0.5) is 0 Å². The lowest BCUT2D eigenvalue weighted by Gasteiger charge is -2.32. The molecule has 1 aliphatic heterocycles. The van der Waals surface area contributed by atoms with E-state index in [0.717, 1.165) is 13.0 Å². The van der Waals surface area contributed by atoms with Crippen LogP contribution in [0.3, 0.4) is 0 Å². The van der Waals surface area contributed by atoms with Gasteiger partial charge in [0.25, 0.3) is 11.5 Å². The van der Waals surface area contributed by atoms with Crippen molar-refractivity contribution in [1.29, 1.82) is 0 Å². The molecular formula is C16H21N5O3. The molecule has 3 heterocycles. The Labute approximate surface area is 139 Å². The van der Waals surface area contributed by atoms with E-state index in [1.165, 1.54) is 6.07 Å². The number of rotatable bonds is 4. The van der Waals surface area contributed by atoms with Gasteiger partial charge in [0.1, 0.15) is 17.6 Å². The van der Waals surface area contributed by atoms with Crippen molar-refractivity contribution in [3.05, 3.63) is 45.9 Å². The SMILES string of the molecule is CCCn1ccc(C(=O)N2CCOC(c3nc(C)cc(=O)[nH]3)C2)n1. The molecule has 1 fully saturated rings. The fraction of sp³-hybridized carbons (Fsp3) is 0.500. The van der Waals surface area contributed by atoms with Crippen molar-refractivity contribution in [2.75, 3.05) is 19.7 Å². The van der Waals surface area contributed by atoms with Gasteiger partial charge < -0.3 is 14.6 Å². The third kappa shape index (κ3) is 3.53. The highest BCUT2D eigenvalue weighted by Gasteiger charge is 2.28. The predicted octanol–water partition coefficient (Wildman–Crippen LogP) is 0.899. The van der Waals surface area contributed by atoms with Crippen molar-refractivity contribution in [2.45, 2.75) is 32.9 Å². The minimum atomic E-state index is -0.437. The summed E-state index contributed by atoms with van der Waals surface area (Å²) in [5.74, 6) is 0.321. The fourth-order valence-electron chi connectivity index (χ4n) is 2.75. The maximum absolute atomic E-state index is 12.6. The number of hydrogen-bond donors (Lipinski definition) is 1. The van der Waals surface area contributed by atoms with Crippen molar-refractivity contribution < 1.29 is 9.53 Å². The molecule has 0 saturated carbocycles. The van der Waals surface area contributed by atoms with E-state index in [9.17, 15) is 9.59 Å². The van der Waals surface area contributed by atoms with Crippen LogP contribution in [-0.4, -0.2) is 50.3 Å². The largest absolute Gasteiger partial charge is 0.367 e. The summed E-state index contributed by atoms with van der Waals surface area (Å²) in [6, 6.07) is 3.16. The van der Waals surface area contributed by atoms with E-state index in [1.807, 2.05) is 6.20 Å². The quantitative estimate of drug-likeness (QED) is 0.898. The van der Waals surface area contributed by atoms with Gasteiger partial charge >= 0.3 is 0 Å². The van der Waals surface area contributed by atoms with E-state index in [1.54, 1.807) is 22.6 Å². The van der Waals surface area contributed by atoms with Crippen LogP contribution in [0.5, 0.6) is 0 Å². The summed E-state index contributed by atoms with van der Waals surface area (Å²) >= 11 is 0. The summed E-state index contributed by atoms with van der Waals surface area (Å²) < 4.78 is 7.45. The number of H-pyrrole nitrogens is 1. The van der Waals surface area contributed by atoms with Crippen molar-refractivity contribution in [3.8, 4) is 0 Å². The monoisotopic (exact) mass is 331 g/mol. The third-order valence-corrected chi connectivity index (χ3v) is 3.86. The highest BCUT2D eigenvalue weighted by molar-refractivity contribution is 5.92. The maximum Gasteiger partial charge on any atom is 0.274 e. The minimum absolute atomic E-state index is 0.131. The lowest BCUT2D eigenvalue weighted by molar-refractivity contribution is -0.0271. The molecule has 1 saturated heterocycles. The molecular weight excluding hydrogens is 310 g/mol. The van der Waals surface area contributed by atoms with Gasteiger partial charge in [-0.15, -0.1) is 0 Å². The molecule has 0 bridgehead atoms. The van der Waals surface area contributed by atoms with Gasteiger partial charge in [0.15, 0.2) is 0 Å². The number of nitrogens with one attached hydrogen (secondary N) is 1. The smallest absolute Gasteiger partial charge is 0.274 e. The van der Waals surface area contributed by atoms with Crippen LogP contribution in [0.25, 0.3) is 0 Å². The van der Waals surface area contributed by atoms with Crippen LogP contribution in [0.15, 0.2) is 23.1 Å². The highest BCUT2D eigenvalue weighted by atomic mass is 16.5. The molecule has 128 valence electrons. The summed E-state index contributed by atoms with van der Waals surface area (Å²) in [7, 11) is 0. The van der Waals surface area contributed by atoms with Gasteiger partial charge in [0.2, 0.25) is 0 Å². The molecule has 1 amide bonds. The van der Waals surface area contributed by atoms with Crippen molar-refractivity contribution in [3.63, 3.8) is 0 Å². The lowest BCUT2D eigenvalue weighted by Crippen LogP contribution is -2.43. The number of morpholine rings is 1. The first kappa shape index (κ1) is 16.4. The Bertz CT molecular complexity index is 782. The summed E-state index contributed by atoms with van der Waals surface area (Å²) in [4.78, 5) is 32.9. The first-order chi connectivity index (χ1) is 11.6. The maximum atomic E-state index is 12.6. The van der Waals surface area contributed by atoms with E-state index in [2.05, 4.69) is 22.0 Å². The Morgan fingerprint density at radius 3 is 3.08 bits per heavy atom. The molecule has 0 radical (unpaired) electrons. The van der Waals surface area contributed by atoms with Gasteiger partial charge in [-0.1, -0.05) is 6.92 Å². The average Bonchev–Trinajstić information content (AvgIpc) is 3.02. The first-order valence-corrected chi connectivity index (χ1v) is 8.09. The molecule has 8 heteroatoms. The number of ether oxygens (including phenoxy) is 1. The van der Waals surface area contributed by atoms with Gasteiger partial charge in [0, 0.05) is 31.0 Å². The standard InChI is InChI=1S/C16H21N5O3/c1-3-5-21-6-4-12(19-21)16(23)20-7-8-24-13(10-20)15-17-11(2)9-14(22)18-15/h4,6,9,13H,3,5,7-8,10H2,1-2H3,(H,17,18,22). The Balaban J connectivity index is 1.74. The Kier molecular flexibility index (Phi) is 4.75. The van der Waals surface area contributed by atoms with E-state index in [0.29, 0.717) is 36.9 Å². The van der Waals surface area contributed by atoms with Crippen LogP contribution < -0.4 is 5.56 Å². The van der Waals surface area contributed by atoms with Crippen LogP contribution in [0.2, 0.25) is 0 Å². The average molecular weight is 331 g/mol. The first-order valence-electron chi connectivity index (χ1n) is 8.09. The molecule has 0 spiro atoms. The molecule has 2 aromatic heterocycles. The number of aromatic amines is 1. The van der Waals surface area contributed by atoms with E-state index >= 15 is 0 Å². The van der Waals surface area contributed by atoms with Crippen molar-refractivity contribution >= 4 is 5.91 Å². The number of aromatic nitrogens is 4. The van der Waals surface area contributed by atoms with Crippen molar-refractivity contribution in [1.82, 2.24) is 24.6 Å². The van der Waals surface area contributed by atoms with Crippen molar-refractivity contribution in [2.24, 2.45) is 0 Å². The molecule has 1 atom stereocenters. The number of nitrogens with zero attached hydrogens (tertiary/aromatic N) is 4. The fourth-order valence-corrected chi connectivity index (χ4v) is 2.75. The van der Waals surface area contributed by atoms with Gasteiger partial charge in [-0.25, -0.2) is 4.98 Å². The van der Waals surface area contributed by atoms with E-state index < -0.39 is 6.10 Å². The van der Waals surface area contributed by atoms with Gasteiger partial charge in [-0.05, 0) is 19.4 Å². The Morgan fingerprint density at radius 1 is 1.50 bits per heavy atom. The zero-order valence-corrected chi connectivity index (χ0v) is 13.9. The molecule has 1 unspecified atom stereocenters. The van der Waals surface area contributed by atoms with Crippen LogP contribution >= 0.6 is 0 Å². The molecule has 0 aromatic carbocycles. The summed E-state index contributed by atoms with van der Waals surface area (Å²) in [6.07, 6.45) is 2.34. The zero-order valence-electron chi connectivity index (χ0n) is 13.9. The van der Waals surface area contributed by atoms with E-state index in [4.69, 9.17) is 4.74 Å². The molecule has 1 aliphatic rings. The topological polar surface area (TPSA) is 93.1 Å². The summed E-state index contributed by atoms with van der Waals surface area (Å²) in [5.41, 5.74) is 0.830. The number of aryl methyl sites for hydroxylation is 2. The van der Waals surface area contributed by atoms with Crippen LogP contribution in [0, 0.1) is 6.92 Å². The number of amides is 1. The van der Waals surface area contributed by atoms with Gasteiger partial charge in [-0.2, -0.15) is 5.10 Å². The molecule has 1 N–H and O–H groups in total. The summed E-state index contributed by atoms with van der Waals surface area (Å²) in [5, 5.41) is 4.31. The second-order valence-electron chi connectivity index (χ2n) is 5.85. The number of carbonyl (C=O) groups is 1. The predicted molar refractivity (Wildman–Crippen MR) is 86.7 cm³/mol. The van der Waals surface area contributed by atoms with Crippen LogP contribution in [0.1, 0.15) is 41.5 Å². The molecule has 8 nitrogen and oxygen atoms in total. The molecule has 0 aliphatic carbocycles. The molecule has 3 rings (SSSR count). The third-order valence-electron chi connectivity index (χ3n) is 3.86. The lowest BCUT2D eigenvalue weighted by atomic mass is 10.2. The Morgan fingerprint density at radius 2 is 2.33 bits per heavy atom. The van der Waals surface area contributed by atoms with Gasteiger partial charge in [0.05, 0.1) is 13.2 Å². The Hall–Kier alpha value is -2.48. The zero-order chi connectivity index (χ0) is 17.1. The second-order valence-corrected chi connectivity index (χ2v) is 5.85. The van der Waals surface area contributed by atoms with E-state index in [-0.39, 0.29) is 11.5 Å².